The quantitative estimate of drug-likeness (QED) is 0.0298. The van der Waals surface area contributed by atoms with Crippen molar-refractivity contribution in [1.82, 2.24) is 31.9 Å². The Kier molecular flexibility index (Phi) is 25.2. The smallest absolute Gasteiger partial charge is 0.404 e. The standard InChI is InChI=1S/C37H72N14O12/c38-9-1-5-19(40)13-25(53)45-10-2-6-20(41)14-26(54)46-11-3-7-21(42)15-27(55)47-12-4-8-22(43)16-28(56)48-31-33(58)32(57)24(18-62-36(44)61)63-34(31)51-37-49-29(23(52)17-39)30(50-37)35(59)60/h19-24,29-34,52,57-58H,1-18,38-43H2,(H2,44,61)(H,45,53)(H,46,54)(H,47,55)(H,48,56)(H,59,60)(H2,49,50,51). The predicted octanol–water partition coefficient (Wildman–Crippen LogP) is -7.00. The van der Waals surface area contributed by atoms with E-state index >= 15 is 0 Å². The van der Waals surface area contributed by atoms with E-state index in [-0.39, 0.29) is 74.5 Å². The van der Waals surface area contributed by atoms with Crippen molar-refractivity contribution in [3.63, 3.8) is 0 Å². The number of carbonyl (C=O) groups excluding carboxylic acids is 5. The minimum atomic E-state index is -1.71. The van der Waals surface area contributed by atoms with Crippen molar-refractivity contribution < 1.29 is 58.7 Å². The molecule has 0 radical (unpaired) electrons. The summed E-state index contributed by atoms with van der Waals surface area (Å²) in [5, 5.41) is 57.9. The Balaban J connectivity index is 1.70. The number of aliphatic carboxylic acids is 1. The van der Waals surface area contributed by atoms with Crippen LogP contribution in [0.4, 0.5) is 4.79 Å². The molecule has 24 N–H and O–H groups in total. The van der Waals surface area contributed by atoms with Crippen LogP contribution in [-0.2, 0) is 33.4 Å². The summed E-state index contributed by atoms with van der Waals surface area (Å²) in [6.07, 6.45) is -4.05. The lowest BCUT2D eigenvalue weighted by Gasteiger charge is -2.43. The van der Waals surface area contributed by atoms with Crippen LogP contribution in [-0.4, -0.2) is 174 Å². The second-order valence-corrected chi connectivity index (χ2v) is 15.9. The summed E-state index contributed by atoms with van der Waals surface area (Å²) in [7, 11) is 0. The maximum absolute atomic E-state index is 13.1. The number of carboxylic acid groups (broad SMARTS) is 1. The molecule has 12 atom stereocenters. The minimum absolute atomic E-state index is 0.0545. The largest absolute Gasteiger partial charge is 0.480 e. The Bertz CT molecular complexity index is 1480. The van der Waals surface area contributed by atoms with Gasteiger partial charge in [-0.15, -0.1) is 0 Å². The first-order chi connectivity index (χ1) is 29.8. The Morgan fingerprint density at radius 1 is 0.730 bits per heavy atom. The van der Waals surface area contributed by atoms with Gasteiger partial charge < -0.3 is 102 Å². The molecular weight excluding hydrogens is 832 g/mol. The van der Waals surface area contributed by atoms with Gasteiger partial charge in [-0.2, -0.15) is 0 Å². The highest BCUT2D eigenvalue weighted by molar-refractivity contribution is 5.89. The zero-order chi connectivity index (χ0) is 47.1. The maximum Gasteiger partial charge on any atom is 0.404 e. The van der Waals surface area contributed by atoms with Gasteiger partial charge in [-0.25, -0.2) is 14.6 Å². The number of aliphatic imine (C=N–C) groups is 1. The molecule has 362 valence electrons. The SMILES string of the molecule is NCCCC(N)CC(=O)NCCCC(N)CC(=O)NCCCC(N)CC(=O)NCCCC(N)CC(=O)NC1C(NC2=NC(C(=O)O)C(C(O)CN)N2)OC(COC(N)=O)C(O)C1O. The lowest BCUT2D eigenvalue weighted by Crippen LogP contribution is -2.69. The topological polar surface area (TPSA) is 468 Å². The highest BCUT2D eigenvalue weighted by atomic mass is 16.6. The van der Waals surface area contributed by atoms with Crippen LogP contribution in [0.2, 0.25) is 0 Å². The summed E-state index contributed by atoms with van der Waals surface area (Å²) in [5.74, 6) is -2.82. The average Bonchev–Trinajstić information content (AvgIpc) is 3.65. The molecule has 2 rings (SSSR count). The Morgan fingerprint density at radius 3 is 1.62 bits per heavy atom. The van der Waals surface area contributed by atoms with Crippen LogP contribution < -0.4 is 72.0 Å². The van der Waals surface area contributed by atoms with Crippen molar-refractivity contribution in [3.05, 3.63) is 0 Å². The molecule has 0 saturated carbocycles. The fraction of sp³-hybridized carbons (Fsp3) is 0.811. The fourth-order valence-corrected chi connectivity index (χ4v) is 6.90. The molecule has 0 bridgehead atoms. The van der Waals surface area contributed by atoms with Crippen molar-refractivity contribution in [1.29, 1.82) is 0 Å². The summed E-state index contributed by atoms with van der Waals surface area (Å²) in [6.45, 7) is 0.719. The third-order valence-corrected chi connectivity index (χ3v) is 10.4. The van der Waals surface area contributed by atoms with Crippen LogP contribution in [0.1, 0.15) is 77.0 Å². The number of amides is 5. The summed E-state index contributed by atoms with van der Waals surface area (Å²) >= 11 is 0. The summed E-state index contributed by atoms with van der Waals surface area (Å²) < 4.78 is 10.5. The summed E-state index contributed by atoms with van der Waals surface area (Å²) in [6, 6.07) is -5.69. The van der Waals surface area contributed by atoms with Gasteiger partial charge >= 0.3 is 12.1 Å². The predicted molar refractivity (Wildman–Crippen MR) is 228 cm³/mol. The highest BCUT2D eigenvalue weighted by Gasteiger charge is 2.47. The van der Waals surface area contributed by atoms with Crippen molar-refractivity contribution in [3.8, 4) is 0 Å². The van der Waals surface area contributed by atoms with E-state index in [1.54, 1.807) is 0 Å². The number of carboxylic acids is 1. The molecule has 63 heavy (non-hydrogen) atoms. The molecule has 1 fully saturated rings. The molecule has 0 aliphatic carbocycles. The number of aliphatic hydroxyl groups is 3. The number of aliphatic hydroxyl groups excluding tert-OH is 3. The lowest BCUT2D eigenvalue weighted by atomic mass is 9.95. The van der Waals surface area contributed by atoms with E-state index in [4.69, 9.17) is 49.6 Å². The normalized spacial score (nSPS) is 24.3. The van der Waals surface area contributed by atoms with Crippen molar-refractivity contribution in [2.45, 2.75) is 150 Å². The summed E-state index contributed by atoms with van der Waals surface area (Å²) in [4.78, 5) is 76.8. The number of ether oxygens (including phenoxy) is 2. The number of guanidine groups is 1. The molecule has 0 spiro atoms. The van der Waals surface area contributed by atoms with Gasteiger partial charge in [0.05, 0.1) is 12.1 Å². The molecule has 26 nitrogen and oxygen atoms in total. The van der Waals surface area contributed by atoms with Gasteiger partial charge in [0.15, 0.2) is 18.2 Å². The van der Waals surface area contributed by atoms with E-state index in [1.165, 1.54) is 0 Å². The number of primary amides is 1. The van der Waals surface area contributed by atoms with Gasteiger partial charge in [-0.05, 0) is 57.9 Å². The van der Waals surface area contributed by atoms with E-state index < -0.39 is 85.4 Å². The number of nitrogens with two attached hydrogens (primary N) is 7. The first-order valence-electron chi connectivity index (χ1n) is 21.3. The Morgan fingerprint density at radius 2 is 1.19 bits per heavy atom. The van der Waals surface area contributed by atoms with E-state index in [2.05, 4.69) is 36.9 Å². The minimum Gasteiger partial charge on any atom is -0.480 e. The van der Waals surface area contributed by atoms with E-state index in [0.717, 1.165) is 6.42 Å². The maximum atomic E-state index is 13.1. The fourth-order valence-electron chi connectivity index (χ4n) is 6.90. The van der Waals surface area contributed by atoms with Gasteiger partial charge in [-0.1, -0.05) is 0 Å². The number of rotatable bonds is 30. The van der Waals surface area contributed by atoms with Crippen LogP contribution in [0.15, 0.2) is 4.99 Å². The molecule has 2 aliphatic rings. The molecule has 0 aromatic rings. The first kappa shape index (κ1) is 54.6. The van der Waals surface area contributed by atoms with Crippen molar-refractivity contribution in [2.24, 2.45) is 45.1 Å². The summed E-state index contributed by atoms with van der Waals surface area (Å²) in [5.41, 5.74) is 40.3. The molecule has 5 amide bonds. The van der Waals surface area contributed by atoms with Crippen LogP contribution in [0, 0.1) is 0 Å². The number of hydrogen-bond donors (Lipinski definition) is 17. The molecule has 2 aliphatic heterocycles. The van der Waals surface area contributed by atoms with E-state index in [0.29, 0.717) is 64.6 Å². The number of hydrogen-bond acceptors (Lipinski definition) is 20. The van der Waals surface area contributed by atoms with E-state index in [1.807, 2.05) is 0 Å². The molecule has 1 saturated heterocycles. The monoisotopic (exact) mass is 905 g/mol. The van der Waals surface area contributed by atoms with Crippen LogP contribution >= 0.6 is 0 Å². The number of nitrogens with one attached hydrogen (secondary N) is 6. The van der Waals surface area contributed by atoms with Gasteiger partial charge in [-0.3, -0.25) is 19.2 Å². The molecule has 12 unspecified atom stereocenters. The van der Waals surface area contributed by atoms with Crippen LogP contribution in [0.5, 0.6) is 0 Å². The zero-order valence-electron chi connectivity index (χ0n) is 35.7. The molecule has 0 aromatic heterocycles. The van der Waals surface area contributed by atoms with Gasteiger partial charge in [0.1, 0.15) is 31.0 Å². The zero-order valence-corrected chi connectivity index (χ0v) is 35.7. The van der Waals surface area contributed by atoms with Crippen LogP contribution in [0.25, 0.3) is 0 Å². The second kappa shape index (κ2) is 29.0. The van der Waals surface area contributed by atoms with Crippen LogP contribution in [0.3, 0.4) is 0 Å². The van der Waals surface area contributed by atoms with Gasteiger partial charge in [0.2, 0.25) is 23.6 Å². The first-order valence-corrected chi connectivity index (χ1v) is 21.3. The molecule has 26 heteroatoms. The van der Waals surface area contributed by atoms with Crippen molar-refractivity contribution >= 4 is 41.7 Å². The van der Waals surface area contributed by atoms with Gasteiger partial charge in [0.25, 0.3) is 0 Å². The van der Waals surface area contributed by atoms with Crippen molar-refractivity contribution in [2.75, 3.05) is 39.3 Å². The Hall–Kier alpha value is -4.51. The molecule has 2 heterocycles. The lowest BCUT2D eigenvalue weighted by molar-refractivity contribution is -0.198. The van der Waals surface area contributed by atoms with E-state index in [9.17, 15) is 49.2 Å². The molecule has 0 aromatic carbocycles. The second-order valence-electron chi connectivity index (χ2n) is 15.9. The number of nitrogens with zero attached hydrogens (tertiary/aromatic N) is 1. The highest BCUT2D eigenvalue weighted by Crippen LogP contribution is 2.22. The van der Waals surface area contributed by atoms with Gasteiger partial charge in [0, 0.05) is 76.0 Å². The number of carbonyl (C=O) groups is 6. The third-order valence-electron chi connectivity index (χ3n) is 10.4. The molecular formula is C37H72N14O12. The third kappa shape index (κ3) is 21.1. The average molecular weight is 905 g/mol. The Labute approximate surface area is 366 Å².